The monoisotopic (exact) mass is 182 g/mol. The van der Waals surface area contributed by atoms with Crippen LogP contribution in [-0.4, -0.2) is 17.1 Å². The Kier molecular flexibility index (Phi) is 3.49. The summed E-state index contributed by atoms with van der Waals surface area (Å²) in [4.78, 5) is 11.3. The topological polar surface area (TPSA) is 55.1 Å². The van der Waals surface area contributed by atoms with Crippen LogP contribution in [0.25, 0.3) is 0 Å². The van der Waals surface area contributed by atoms with Crippen molar-refractivity contribution in [2.75, 3.05) is 0 Å². The molecule has 1 rings (SSSR count). The highest BCUT2D eigenvalue weighted by Crippen LogP contribution is 1.96. The number of amides is 1. The Bertz CT molecular complexity index is 257. The van der Waals surface area contributed by atoms with Crippen LogP contribution in [0.1, 0.15) is 26.0 Å². The Morgan fingerprint density at radius 2 is 2.54 bits per heavy atom. The molecule has 0 saturated carbocycles. The third-order valence-electron chi connectivity index (χ3n) is 1.85. The fourth-order valence-corrected chi connectivity index (χ4v) is 0.921. The zero-order chi connectivity index (χ0) is 9.68. The van der Waals surface area contributed by atoms with Crippen molar-refractivity contribution in [3.05, 3.63) is 18.0 Å². The molecule has 0 bridgehead atoms. The van der Waals surface area contributed by atoms with Crippen LogP contribution < -0.4 is 5.32 Å². The van der Waals surface area contributed by atoms with E-state index >= 15 is 0 Å². The maximum Gasteiger partial charge on any atom is 0.226 e. The molecular formula is C9H14N2O2. The predicted molar refractivity (Wildman–Crippen MR) is 48.1 cm³/mol. The van der Waals surface area contributed by atoms with Crippen molar-refractivity contribution in [3.8, 4) is 0 Å². The molecule has 0 aliphatic heterocycles. The lowest BCUT2D eigenvalue weighted by Gasteiger charge is -2.09. The highest BCUT2D eigenvalue weighted by atomic mass is 16.5. The molecule has 0 spiro atoms. The van der Waals surface area contributed by atoms with Gasteiger partial charge in [0.15, 0.2) is 0 Å². The van der Waals surface area contributed by atoms with Gasteiger partial charge in [-0.15, -0.1) is 0 Å². The van der Waals surface area contributed by atoms with Gasteiger partial charge in [-0.3, -0.25) is 4.79 Å². The highest BCUT2D eigenvalue weighted by molar-refractivity contribution is 5.78. The maximum absolute atomic E-state index is 11.3. The normalized spacial score (nSPS) is 12.5. The number of aromatic nitrogens is 1. The number of rotatable bonds is 4. The largest absolute Gasteiger partial charge is 0.364 e. The molecule has 0 fully saturated rings. The van der Waals surface area contributed by atoms with Gasteiger partial charge in [-0.25, -0.2) is 0 Å². The van der Waals surface area contributed by atoms with E-state index in [-0.39, 0.29) is 11.9 Å². The van der Waals surface area contributed by atoms with Crippen molar-refractivity contribution in [3.63, 3.8) is 0 Å². The molecule has 72 valence electrons. The zero-order valence-electron chi connectivity index (χ0n) is 7.91. The highest BCUT2D eigenvalue weighted by Gasteiger charge is 2.07. The van der Waals surface area contributed by atoms with Crippen molar-refractivity contribution < 1.29 is 9.32 Å². The summed E-state index contributed by atoms with van der Waals surface area (Å²) in [5.41, 5.74) is 0.667. The summed E-state index contributed by atoms with van der Waals surface area (Å²) >= 11 is 0. The quantitative estimate of drug-likeness (QED) is 0.759. The van der Waals surface area contributed by atoms with Gasteiger partial charge in [0.25, 0.3) is 0 Å². The average molecular weight is 182 g/mol. The second kappa shape index (κ2) is 4.64. The van der Waals surface area contributed by atoms with E-state index in [1.165, 1.54) is 6.26 Å². The van der Waals surface area contributed by atoms with Gasteiger partial charge in [-0.05, 0) is 13.3 Å². The summed E-state index contributed by atoms with van der Waals surface area (Å²) in [7, 11) is 0. The molecular weight excluding hydrogens is 168 g/mol. The SMILES string of the molecule is CCC(C)NC(=O)Cc1ccon1. The minimum absolute atomic E-state index is 0.0109. The first-order chi connectivity index (χ1) is 6.22. The van der Waals surface area contributed by atoms with E-state index in [0.717, 1.165) is 6.42 Å². The van der Waals surface area contributed by atoms with Gasteiger partial charge in [-0.2, -0.15) is 0 Å². The van der Waals surface area contributed by atoms with E-state index in [0.29, 0.717) is 12.1 Å². The minimum Gasteiger partial charge on any atom is -0.364 e. The molecule has 0 aliphatic rings. The Hall–Kier alpha value is -1.32. The van der Waals surface area contributed by atoms with Gasteiger partial charge in [0.2, 0.25) is 5.91 Å². The molecule has 1 unspecified atom stereocenters. The van der Waals surface area contributed by atoms with Gasteiger partial charge in [-0.1, -0.05) is 12.1 Å². The van der Waals surface area contributed by atoms with E-state index in [2.05, 4.69) is 15.0 Å². The number of nitrogens with one attached hydrogen (secondary N) is 1. The van der Waals surface area contributed by atoms with Crippen LogP contribution in [0.4, 0.5) is 0 Å². The Balaban J connectivity index is 2.34. The second-order valence-electron chi connectivity index (χ2n) is 3.04. The number of carbonyl (C=O) groups is 1. The van der Waals surface area contributed by atoms with Crippen LogP contribution in [-0.2, 0) is 11.2 Å². The van der Waals surface area contributed by atoms with E-state index < -0.39 is 0 Å². The fraction of sp³-hybridized carbons (Fsp3) is 0.556. The van der Waals surface area contributed by atoms with Crippen molar-refractivity contribution in [2.24, 2.45) is 0 Å². The summed E-state index contributed by atoms with van der Waals surface area (Å²) < 4.78 is 4.62. The standard InChI is InChI=1S/C9H14N2O2/c1-3-7(2)10-9(12)6-8-4-5-13-11-8/h4-5,7H,3,6H2,1-2H3,(H,10,12). The number of carbonyl (C=O) groups excluding carboxylic acids is 1. The third kappa shape index (κ3) is 3.27. The molecule has 0 aromatic carbocycles. The second-order valence-corrected chi connectivity index (χ2v) is 3.04. The average Bonchev–Trinajstić information content (AvgIpc) is 2.56. The Morgan fingerprint density at radius 3 is 3.08 bits per heavy atom. The molecule has 1 aromatic rings. The van der Waals surface area contributed by atoms with Gasteiger partial charge < -0.3 is 9.84 Å². The maximum atomic E-state index is 11.3. The van der Waals surface area contributed by atoms with Crippen LogP contribution in [0.5, 0.6) is 0 Å². The lowest BCUT2D eigenvalue weighted by molar-refractivity contribution is -0.121. The summed E-state index contributed by atoms with van der Waals surface area (Å²) in [6.45, 7) is 4.00. The fourth-order valence-electron chi connectivity index (χ4n) is 0.921. The van der Waals surface area contributed by atoms with E-state index in [9.17, 15) is 4.79 Å². The Labute approximate surface area is 77.3 Å². The molecule has 1 N–H and O–H groups in total. The smallest absolute Gasteiger partial charge is 0.226 e. The van der Waals surface area contributed by atoms with Crippen LogP contribution in [0.15, 0.2) is 16.9 Å². The van der Waals surface area contributed by atoms with E-state index in [1.807, 2.05) is 13.8 Å². The first-order valence-corrected chi connectivity index (χ1v) is 4.41. The van der Waals surface area contributed by atoms with Crippen molar-refractivity contribution >= 4 is 5.91 Å². The molecule has 13 heavy (non-hydrogen) atoms. The van der Waals surface area contributed by atoms with E-state index in [1.54, 1.807) is 6.07 Å². The summed E-state index contributed by atoms with van der Waals surface area (Å²) in [5, 5.41) is 6.50. The predicted octanol–water partition coefficient (Wildman–Crippen LogP) is 1.13. The lowest BCUT2D eigenvalue weighted by Crippen LogP contribution is -2.33. The molecule has 1 amide bonds. The molecule has 1 aromatic heterocycles. The van der Waals surface area contributed by atoms with Crippen LogP contribution in [0.3, 0.4) is 0 Å². The van der Waals surface area contributed by atoms with Gasteiger partial charge in [0.1, 0.15) is 6.26 Å². The summed E-state index contributed by atoms with van der Waals surface area (Å²) in [5.74, 6) is -0.0109. The number of nitrogens with zero attached hydrogens (tertiary/aromatic N) is 1. The number of hydrogen-bond donors (Lipinski definition) is 1. The summed E-state index contributed by atoms with van der Waals surface area (Å²) in [6, 6.07) is 1.91. The molecule has 0 radical (unpaired) electrons. The zero-order valence-corrected chi connectivity index (χ0v) is 7.91. The molecule has 4 heteroatoms. The van der Waals surface area contributed by atoms with Crippen LogP contribution in [0.2, 0.25) is 0 Å². The first kappa shape index (κ1) is 9.77. The summed E-state index contributed by atoms with van der Waals surface area (Å²) in [6.07, 6.45) is 2.69. The van der Waals surface area contributed by atoms with Crippen LogP contribution >= 0.6 is 0 Å². The minimum atomic E-state index is -0.0109. The number of hydrogen-bond acceptors (Lipinski definition) is 3. The van der Waals surface area contributed by atoms with Gasteiger partial charge in [0, 0.05) is 12.1 Å². The Morgan fingerprint density at radius 1 is 1.77 bits per heavy atom. The van der Waals surface area contributed by atoms with Crippen molar-refractivity contribution in [2.45, 2.75) is 32.7 Å². The molecule has 0 aliphatic carbocycles. The van der Waals surface area contributed by atoms with Crippen LogP contribution in [0, 0.1) is 0 Å². The first-order valence-electron chi connectivity index (χ1n) is 4.41. The molecule has 4 nitrogen and oxygen atoms in total. The molecule has 1 atom stereocenters. The molecule has 1 heterocycles. The van der Waals surface area contributed by atoms with Gasteiger partial charge >= 0.3 is 0 Å². The van der Waals surface area contributed by atoms with Gasteiger partial charge in [0.05, 0.1) is 12.1 Å². The third-order valence-corrected chi connectivity index (χ3v) is 1.85. The molecule has 0 saturated heterocycles. The lowest BCUT2D eigenvalue weighted by atomic mass is 10.2. The van der Waals surface area contributed by atoms with E-state index in [4.69, 9.17) is 0 Å². The van der Waals surface area contributed by atoms with Crippen molar-refractivity contribution in [1.82, 2.24) is 10.5 Å². The van der Waals surface area contributed by atoms with Crippen molar-refractivity contribution in [1.29, 1.82) is 0 Å².